The third-order valence-corrected chi connectivity index (χ3v) is 8.30. The van der Waals surface area contributed by atoms with Gasteiger partial charge in [-0.2, -0.15) is 0 Å². The van der Waals surface area contributed by atoms with Crippen molar-refractivity contribution in [3.63, 3.8) is 0 Å². The first kappa shape index (κ1) is 32.3. The van der Waals surface area contributed by atoms with Crippen LogP contribution < -0.4 is 4.98 Å². The predicted octanol–water partition coefficient (Wildman–Crippen LogP) is 7.42. The van der Waals surface area contributed by atoms with E-state index in [1.54, 1.807) is 18.2 Å². The van der Waals surface area contributed by atoms with E-state index in [0.717, 1.165) is 50.1 Å². The van der Waals surface area contributed by atoms with Crippen LogP contribution in [0.4, 0.5) is 0 Å². The van der Waals surface area contributed by atoms with Crippen molar-refractivity contribution in [3.8, 4) is 0 Å². The van der Waals surface area contributed by atoms with Gasteiger partial charge in [0.1, 0.15) is 0 Å². The van der Waals surface area contributed by atoms with Crippen LogP contribution in [0.1, 0.15) is 78.1 Å². The normalized spacial score (nSPS) is 12.7. The largest absolute Gasteiger partial charge is 3.00 e. The number of rotatable bonds is 8. The molecule has 5 heterocycles. The Morgan fingerprint density at radius 2 is 1.41 bits per heavy atom. The van der Waals surface area contributed by atoms with Crippen LogP contribution in [0.25, 0.3) is 56.3 Å². The van der Waals surface area contributed by atoms with Gasteiger partial charge in [0, 0.05) is 29.4 Å². The summed E-state index contributed by atoms with van der Waals surface area (Å²) in [6, 6.07) is 7.41. The van der Waals surface area contributed by atoms with Crippen molar-refractivity contribution in [1.29, 1.82) is 0 Å². The molecule has 0 saturated heterocycles. The standard InChI is InChI=1S/C34H34N5O4.Fe/c1-7-21-17(3)25-13-29-22(8-2)18(4)27(38-29)15-31-20(6)24(10-12-34(42)43)32(39(31)35)16-30-23(9-11-33(40)41)19(5)26(37-30)14-28(21)36-25;/h7-8,13-16,35H,1-2,9-12H2,3-6H3,(H3,36,37,38,40,41,42,43);/q-1;+3/p-1. The third kappa shape index (κ3) is 5.66. The molecule has 5 rings (SSSR count). The Morgan fingerprint density at radius 3 is 2.05 bits per heavy atom. The van der Waals surface area contributed by atoms with Crippen LogP contribution in [0.2, 0.25) is 0 Å². The Kier molecular flexibility index (Phi) is 9.18. The van der Waals surface area contributed by atoms with E-state index in [4.69, 9.17) is 20.8 Å². The molecule has 3 N–H and O–H groups in total. The van der Waals surface area contributed by atoms with Crippen LogP contribution in [0.3, 0.4) is 0 Å². The summed E-state index contributed by atoms with van der Waals surface area (Å²) < 4.78 is 1.29. The minimum absolute atomic E-state index is 0. The molecule has 44 heavy (non-hydrogen) atoms. The summed E-state index contributed by atoms with van der Waals surface area (Å²) >= 11 is 0. The topological polar surface area (TPSA) is 143 Å². The maximum atomic E-state index is 11.6. The summed E-state index contributed by atoms with van der Waals surface area (Å²) in [5.41, 5.74) is 11.7. The average Bonchev–Trinajstić information content (AvgIpc) is 3.59. The first-order valence-corrected chi connectivity index (χ1v) is 14.0. The molecule has 0 aromatic carbocycles. The number of carboxylic acid groups (broad SMARTS) is 2. The summed E-state index contributed by atoms with van der Waals surface area (Å²) in [5.74, 6) is 7.28. The fourth-order valence-corrected chi connectivity index (χ4v) is 5.83. The molecule has 2 aliphatic rings. The second-order valence-electron chi connectivity index (χ2n) is 10.8. The molecular weight excluding hydrogens is 598 g/mol. The van der Waals surface area contributed by atoms with E-state index >= 15 is 0 Å². The molecule has 1 radical (unpaired) electrons. The van der Waals surface area contributed by atoms with Gasteiger partial charge >= 0.3 is 29.0 Å². The monoisotopic (exact) mass is 631 g/mol. The van der Waals surface area contributed by atoms with E-state index in [-0.39, 0.29) is 42.8 Å². The molecule has 0 unspecified atom stereocenters. The first-order chi connectivity index (χ1) is 20.4. The van der Waals surface area contributed by atoms with Gasteiger partial charge in [-0.15, -0.1) is 11.0 Å². The van der Waals surface area contributed by atoms with E-state index in [0.29, 0.717) is 39.3 Å². The zero-order chi connectivity index (χ0) is 31.2. The van der Waals surface area contributed by atoms with Gasteiger partial charge in [-0.1, -0.05) is 43.0 Å². The van der Waals surface area contributed by atoms with E-state index in [1.807, 2.05) is 45.9 Å². The number of nitrogens with zero attached hydrogens (tertiary/aromatic N) is 4. The van der Waals surface area contributed by atoms with Crippen LogP contribution in [-0.2, 0) is 33.1 Å². The van der Waals surface area contributed by atoms with Gasteiger partial charge in [-0.25, -0.2) is 9.97 Å². The van der Waals surface area contributed by atoms with Crippen LogP contribution in [0, 0.1) is 13.8 Å². The Bertz CT molecular complexity index is 1980. The molecule has 3 aromatic rings. The van der Waals surface area contributed by atoms with Crippen molar-refractivity contribution in [2.45, 2.75) is 53.4 Å². The van der Waals surface area contributed by atoms with Crippen LogP contribution in [-0.4, -0.2) is 36.8 Å². The fourth-order valence-electron chi connectivity index (χ4n) is 5.83. The molecule has 0 aliphatic carbocycles. The van der Waals surface area contributed by atoms with Gasteiger partial charge in [0.15, 0.2) is 0 Å². The van der Waals surface area contributed by atoms with Gasteiger partial charge in [0.2, 0.25) is 0 Å². The second kappa shape index (κ2) is 12.5. The number of carbonyl (C=O) groups is 2. The maximum Gasteiger partial charge on any atom is 3.00 e. The zero-order valence-corrected chi connectivity index (χ0v) is 26.2. The number of hydrogen-bond donors (Lipinski definition) is 2. The number of aliphatic carboxylic acids is 2. The van der Waals surface area contributed by atoms with Crippen molar-refractivity contribution in [2.24, 2.45) is 0 Å². The minimum atomic E-state index is -0.938. The summed E-state index contributed by atoms with van der Waals surface area (Å²) in [5, 5.41) is 18.9. The fraction of sp³-hybridized carbons (Fsp3) is 0.235. The van der Waals surface area contributed by atoms with Crippen LogP contribution in [0.15, 0.2) is 43.5 Å². The number of fused-ring (bicyclic) bond motifs is 8. The van der Waals surface area contributed by atoms with Gasteiger partial charge in [0.25, 0.3) is 0 Å². The molecule has 10 heteroatoms. The maximum absolute atomic E-state index is 11.6. The summed E-state index contributed by atoms with van der Waals surface area (Å²) in [6.45, 7) is 15.7. The number of allylic oxidation sites excluding steroid dienone is 5. The van der Waals surface area contributed by atoms with Crippen molar-refractivity contribution in [3.05, 3.63) is 94.4 Å². The van der Waals surface area contributed by atoms with Crippen LogP contribution >= 0.6 is 0 Å². The molecule has 2 aliphatic heterocycles. The number of aromatic nitrogens is 4. The molecule has 8 bridgehead atoms. The molecule has 0 atom stereocenters. The molecule has 0 fully saturated rings. The van der Waals surface area contributed by atoms with Crippen molar-refractivity contribution < 1.29 is 36.9 Å². The van der Waals surface area contributed by atoms with Crippen LogP contribution in [0.5, 0.6) is 0 Å². The molecule has 3 aromatic heterocycles. The molecule has 0 saturated carbocycles. The van der Waals surface area contributed by atoms with Gasteiger partial charge < -0.3 is 25.7 Å². The molecule has 9 nitrogen and oxygen atoms in total. The minimum Gasteiger partial charge on any atom is -0.657 e. The van der Waals surface area contributed by atoms with Gasteiger partial charge in [-0.3, -0.25) is 9.59 Å². The van der Waals surface area contributed by atoms with Gasteiger partial charge in [-0.05, 0) is 86.1 Å². The summed E-state index contributed by atoms with van der Waals surface area (Å²) in [7, 11) is 0. The smallest absolute Gasteiger partial charge is 0.657 e. The molecule has 0 spiro atoms. The molecular formula is C34H33FeN5O4+. The summed E-state index contributed by atoms with van der Waals surface area (Å²) in [6.07, 6.45) is 3.80. The van der Waals surface area contributed by atoms with Crippen molar-refractivity contribution in [1.82, 2.24) is 19.6 Å². The summed E-state index contributed by atoms with van der Waals surface area (Å²) in [4.78, 5) is 37.9. The number of aryl methyl sites for hydroxylation is 3. The number of nitrogens with one attached hydrogen (secondary N) is 1. The molecule has 0 amide bonds. The zero-order valence-electron chi connectivity index (χ0n) is 25.1. The Morgan fingerprint density at radius 1 is 0.818 bits per heavy atom. The van der Waals surface area contributed by atoms with E-state index in [9.17, 15) is 19.8 Å². The van der Waals surface area contributed by atoms with Crippen molar-refractivity contribution >= 4 is 62.4 Å². The Hall–Kier alpha value is -4.66. The first-order valence-electron chi connectivity index (χ1n) is 14.0. The van der Waals surface area contributed by atoms with Crippen molar-refractivity contribution in [2.75, 3.05) is 0 Å². The number of carboxylic acids is 2. The van der Waals surface area contributed by atoms with E-state index in [2.05, 4.69) is 13.2 Å². The quantitative estimate of drug-likeness (QED) is 0.246. The number of hydrogen-bond acceptors (Lipinski definition) is 4. The Balaban J connectivity index is 0.00000442. The van der Waals surface area contributed by atoms with E-state index in [1.165, 1.54) is 4.68 Å². The predicted molar refractivity (Wildman–Crippen MR) is 171 cm³/mol. The Labute approximate surface area is 266 Å². The second-order valence-corrected chi connectivity index (χ2v) is 10.8. The molecule has 225 valence electrons. The third-order valence-electron chi connectivity index (χ3n) is 8.30. The van der Waals surface area contributed by atoms with E-state index < -0.39 is 11.9 Å². The van der Waals surface area contributed by atoms with Gasteiger partial charge in [0.05, 0.1) is 22.8 Å². The average molecular weight is 632 g/mol. The SMILES string of the molecule is C=CC1=C(C)c2cc3c(C)c(CCC(=O)O)c(cc4nc(cc5[n-]c(cc1n2)c(C)c5C=C)C(C)=C4CCC(=O)O)n3[NH-].[Fe+3].